The molecule has 0 aliphatic carbocycles. The first-order valence-electron chi connectivity index (χ1n) is 7.51. The minimum Gasteiger partial charge on any atom is -0.432 e. The zero-order valence-electron chi connectivity index (χ0n) is 13.8. The summed E-state index contributed by atoms with van der Waals surface area (Å²) in [6.07, 6.45) is 0.385. The first-order chi connectivity index (χ1) is 11.7. The molecule has 0 radical (unpaired) electrons. The van der Waals surface area contributed by atoms with Gasteiger partial charge in [0, 0.05) is 6.07 Å². The highest BCUT2D eigenvalue weighted by Crippen LogP contribution is 2.29. The largest absolute Gasteiger partial charge is 0.432 e. The van der Waals surface area contributed by atoms with E-state index in [0.29, 0.717) is 22.8 Å². The summed E-state index contributed by atoms with van der Waals surface area (Å²) in [4.78, 5) is 12.6. The van der Waals surface area contributed by atoms with E-state index in [0.717, 1.165) is 18.2 Å². The van der Waals surface area contributed by atoms with E-state index in [-0.39, 0.29) is 5.69 Å². The lowest BCUT2D eigenvalue weighted by molar-refractivity contribution is -0.119. The Labute approximate surface area is 147 Å². The van der Waals surface area contributed by atoms with Crippen molar-refractivity contribution in [3.8, 4) is 5.75 Å². The molecule has 25 heavy (non-hydrogen) atoms. The minimum absolute atomic E-state index is 0.0576. The van der Waals surface area contributed by atoms with Crippen molar-refractivity contribution in [2.75, 3.05) is 5.32 Å². The Morgan fingerprint density at radius 1 is 1.40 bits per heavy atom. The van der Waals surface area contributed by atoms with E-state index in [1.165, 1.54) is 4.68 Å². The van der Waals surface area contributed by atoms with Gasteiger partial charge in [-0.3, -0.25) is 9.48 Å². The fourth-order valence-electron chi connectivity index (χ4n) is 2.42. The molecule has 0 saturated carbocycles. The lowest BCUT2D eigenvalue weighted by atomic mass is 10.2. The van der Waals surface area contributed by atoms with Crippen LogP contribution in [0.1, 0.15) is 30.8 Å². The number of nitrogens with zero attached hydrogens (tertiary/aromatic N) is 2. The highest BCUT2D eigenvalue weighted by atomic mass is 35.5. The van der Waals surface area contributed by atoms with Crippen LogP contribution in [0, 0.1) is 19.7 Å². The number of nitrogens with one attached hydrogen (secondary N) is 1. The number of anilines is 1. The van der Waals surface area contributed by atoms with Crippen molar-refractivity contribution in [3.63, 3.8) is 0 Å². The molecule has 9 heteroatoms. The first kappa shape index (κ1) is 19.1. The molecule has 1 unspecified atom stereocenters. The van der Waals surface area contributed by atoms with Gasteiger partial charge in [-0.15, -0.1) is 0 Å². The Balaban J connectivity index is 2.29. The Hall–Kier alpha value is -2.22. The van der Waals surface area contributed by atoms with Crippen LogP contribution in [0.5, 0.6) is 5.75 Å². The van der Waals surface area contributed by atoms with Gasteiger partial charge in [0.25, 0.3) is 0 Å². The van der Waals surface area contributed by atoms with Gasteiger partial charge in [0.1, 0.15) is 11.9 Å². The third-order valence-electron chi connectivity index (χ3n) is 3.64. The summed E-state index contributed by atoms with van der Waals surface area (Å²) >= 11 is 6.10. The number of ether oxygens (including phenoxy) is 1. The van der Waals surface area contributed by atoms with Crippen molar-refractivity contribution in [1.82, 2.24) is 9.78 Å². The molecular formula is C16H17ClF3N3O2. The van der Waals surface area contributed by atoms with Crippen molar-refractivity contribution in [3.05, 3.63) is 40.4 Å². The summed E-state index contributed by atoms with van der Waals surface area (Å²) in [5.41, 5.74) is 1.14. The van der Waals surface area contributed by atoms with Gasteiger partial charge < -0.3 is 10.1 Å². The summed E-state index contributed by atoms with van der Waals surface area (Å²) in [6, 6.07) is 2.26. The molecule has 5 nitrogen and oxygen atoms in total. The van der Waals surface area contributed by atoms with Gasteiger partial charge in [-0.25, -0.2) is 4.39 Å². The lowest BCUT2D eigenvalue weighted by Gasteiger charge is -2.18. The third kappa shape index (κ3) is 4.25. The predicted octanol–water partition coefficient (Wildman–Crippen LogP) is 4.48. The standard InChI is InChI=1S/C16H17ClF3N3O2/c1-4-12(23-9(3)14(17)8(2)22-23)15(24)21-11-6-5-10(18)7-13(11)25-16(19)20/h5-7,12,16H,4H2,1-3H3,(H,21,24). The highest BCUT2D eigenvalue weighted by Gasteiger charge is 2.24. The predicted molar refractivity (Wildman–Crippen MR) is 87.7 cm³/mol. The molecule has 1 aromatic carbocycles. The van der Waals surface area contributed by atoms with Gasteiger partial charge in [-0.05, 0) is 32.4 Å². The lowest BCUT2D eigenvalue weighted by Crippen LogP contribution is -2.27. The number of alkyl halides is 2. The molecule has 0 spiro atoms. The van der Waals surface area contributed by atoms with E-state index in [4.69, 9.17) is 11.6 Å². The van der Waals surface area contributed by atoms with Gasteiger partial charge in [-0.1, -0.05) is 18.5 Å². The van der Waals surface area contributed by atoms with Crippen LogP contribution in [0.3, 0.4) is 0 Å². The second-order valence-corrected chi connectivity index (χ2v) is 5.74. The smallest absolute Gasteiger partial charge is 0.387 e. The summed E-state index contributed by atoms with van der Waals surface area (Å²) in [6.45, 7) is 2.07. The monoisotopic (exact) mass is 375 g/mol. The molecule has 0 bridgehead atoms. The number of rotatable bonds is 6. The van der Waals surface area contributed by atoms with Crippen LogP contribution in [-0.4, -0.2) is 22.3 Å². The zero-order chi connectivity index (χ0) is 18.7. The maximum atomic E-state index is 13.3. The van der Waals surface area contributed by atoms with Gasteiger partial charge in [-0.2, -0.15) is 13.9 Å². The molecule has 136 valence electrons. The fourth-order valence-corrected chi connectivity index (χ4v) is 2.55. The number of carbonyl (C=O) groups excluding carboxylic acids is 1. The van der Waals surface area contributed by atoms with Crippen molar-refractivity contribution >= 4 is 23.2 Å². The molecular weight excluding hydrogens is 359 g/mol. The molecule has 0 aliphatic rings. The highest BCUT2D eigenvalue weighted by molar-refractivity contribution is 6.31. The number of aryl methyl sites for hydroxylation is 1. The van der Waals surface area contributed by atoms with Crippen molar-refractivity contribution < 1.29 is 22.7 Å². The van der Waals surface area contributed by atoms with Crippen LogP contribution >= 0.6 is 11.6 Å². The van der Waals surface area contributed by atoms with Crippen LogP contribution in [0.4, 0.5) is 18.9 Å². The second kappa shape index (κ2) is 7.77. The van der Waals surface area contributed by atoms with Crippen molar-refractivity contribution in [1.29, 1.82) is 0 Å². The molecule has 0 saturated heterocycles. The number of carbonyl (C=O) groups is 1. The first-order valence-corrected chi connectivity index (χ1v) is 7.88. The average Bonchev–Trinajstić information content (AvgIpc) is 2.78. The Morgan fingerprint density at radius 2 is 2.08 bits per heavy atom. The van der Waals surface area contributed by atoms with Crippen molar-refractivity contribution in [2.45, 2.75) is 39.8 Å². The van der Waals surface area contributed by atoms with Gasteiger partial charge in [0.2, 0.25) is 5.91 Å². The van der Waals surface area contributed by atoms with Crippen LogP contribution in [0.25, 0.3) is 0 Å². The quantitative estimate of drug-likeness (QED) is 0.809. The SMILES string of the molecule is CCC(C(=O)Nc1ccc(F)cc1OC(F)F)n1nc(C)c(Cl)c1C. The van der Waals surface area contributed by atoms with Crippen LogP contribution in [-0.2, 0) is 4.79 Å². The van der Waals surface area contributed by atoms with Gasteiger partial charge in [0.15, 0.2) is 5.75 Å². The summed E-state index contributed by atoms with van der Waals surface area (Å²) < 4.78 is 43.9. The number of aromatic nitrogens is 2. The van der Waals surface area contributed by atoms with E-state index in [1.807, 2.05) is 0 Å². The zero-order valence-corrected chi connectivity index (χ0v) is 14.6. The summed E-state index contributed by atoms with van der Waals surface area (Å²) in [7, 11) is 0. The van der Waals surface area contributed by atoms with E-state index in [9.17, 15) is 18.0 Å². The number of hydrogen-bond acceptors (Lipinski definition) is 3. The maximum absolute atomic E-state index is 13.3. The van der Waals surface area contributed by atoms with E-state index in [1.54, 1.807) is 20.8 Å². The molecule has 1 heterocycles. The van der Waals surface area contributed by atoms with Gasteiger partial charge >= 0.3 is 6.61 Å². The van der Waals surface area contributed by atoms with Crippen LogP contribution < -0.4 is 10.1 Å². The van der Waals surface area contributed by atoms with E-state index in [2.05, 4.69) is 15.2 Å². The van der Waals surface area contributed by atoms with Gasteiger partial charge in [0.05, 0.1) is 22.1 Å². The molecule has 1 N–H and O–H groups in total. The number of halogens is 4. The van der Waals surface area contributed by atoms with Crippen LogP contribution in [0.2, 0.25) is 5.02 Å². The molecule has 1 atom stereocenters. The molecule has 0 aliphatic heterocycles. The topological polar surface area (TPSA) is 56.1 Å². The fraction of sp³-hybridized carbons (Fsp3) is 0.375. The molecule has 2 rings (SSSR count). The molecule has 1 amide bonds. The summed E-state index contributed by atoms with van der Waals surface area (Å²) in [5.74, 6) is -1.72. The Morgan fingerprint density at radius 3 is 2.60 bits per heavy atom. The Bertz CT molecular complexity index is 780. The minimum atomic E-state index is -3.14. The second-order valence-electron chi connectivity index (χ2n) is 5.36. The molecule has 0 fully saturated rings. The number of hydrogen-bond donors (Lipinski definition) is 1. The number of amides is 1. The summed E-state index contributed by atoms with van der Waals surface area (Å²) in [5, 5.41) is 7.18. The van der Waals surface area contributed by atoms with Crippen molar-refractivity contribution in [2.24, 2.45) is 0 Å². The number of benzene rings is 1. The van der Waals surface area contributed by atoms with E-state index >= 15 is 0 Å². The average molecular weight is 376 g/mol. The molecule has 1 aromatic heterocycles. The normalized spacial score (nSPS) is 12.3. The molecule has 2 aromatic rings. The maximum Gasteiger partial charge on any atom is 0.387 e. The van der Waals surface area contributed by atoms with Crippen LogP contribution in [0.15, 0.2) is 18.2 Å². The van der Waals surface area contributed by atoms with E-state index < -0.39 is 30.1 Å². The third-order valence-corrected chi connectivity index (χ3v) is 4.19. The Kier molecular flexibility index (Phi) is 5.94.